The van der Waals surface area contributed by atoms with Gasteiger partial charge in [-0.2, -0.15) is 0 Å². The lowest BCUT2D eigenvalue weighted by molar-refractivity contribution is -0.151. The van der Waals surface area contributed by atoms with Crippen molar-refractivity contribution in [3.05, 3.63) is 65.0 Å². The molecule has 1 heterocycles. The standard InChI is InChI=1S/C29H33F3N2O4/c1-2-38-29(37)21-5-3-4-20(16-21)28(36)34-14-12-19(13-15-34)18-6-8-22(9-7-18)33-26(35)17-23-24(30)10-11-25(31)27(23)32/h6-11,19-21H,2-5,12-17H2,1H3,(H,33,35)/t20-,21+/m0/s1. The van der Waals surface area contributed by atoms with Crippen LogP contribution in [0.3, 0.4) is 0 Å². The number of hydrogen-bond acceptors (Lipinski definition) is 4. The Hall–Kier alpha value is -3.36. The van der Waals surface area contributed by atoms with E-state index in [2.05, 4.69) is 5.32 Å². The lowest BCUT2D eigenvalue weighted by Crippen LogP contribution is -2.43. The van der Waals surface area contributed by atoms with E-state index in [1.807, 2.05) is 17.0 Å². The second-order valence-electron chi connectivity index (χ2n) is 10.1. The van der Waals surface area contributed by atoms with Gasteiger partial charge in [0.1, 0.15) is 5.82 Å². The number of esters is 1. The smallest absolute Gasteiger partial charge is 0.308 e. The summed E-state index contributed by atoms with van der Waals surface area (Å²) in [7, 11) is 0. The number of ether oxygens (including phenoxy) is 1. The molecule has 2 amide bonds. The van der Waals surface area contributed by atoms with Gasteiger partial charge in [0, 0.05) is 30.3 Å². The first-order valence-electron chi connectivity index (χ1n) is 13.2. The van der Waals surface area contributed by atoms with Gasteiger partial charge in [0.2, 0.25) is 11.8 Å². The molecular weight excluding hydrogens is 497 g/mol. The van der Waals surface area contributed by atoms with Gasteiger partial charge in [0.15, 0.2) is 11.6 Å². The maximum Gasteiger partial charge on any atom is 0.308 e. The highest BCUT2D eigenvalue weighted by Crippen LogP contribution is 2.34. The predicted molar refractivity (Wildman–Crippen MR) is 136 cm³/mol. The minimum atomic E-state index is -1.36. The molecule has 0 spiro atoms. The molecule has 0 unspecified atom stereocenters. The van der Waals surface area contributed by atoms with E-state index in [4.69, 9.17) is 4.74 Å². The second-order valence-corrected chi connectivity index (χ2v) is 10.1. The van der Waals surface area contributed by atoms with E-state index >= 15 is 0 Å². The van der Waals surface area contributed by atoms with Crippen LogP contribution in [0, 0.1) is 29.3 Å². The molecule has 2 atom stereocenters. The van der Waals surface area contributed by atoms with E-state index in [9.17, 15) is 27.6 Å². The number of amides is 2. The number of nitrogens with zero attached hydrogens (tertiary/aromatic N) is 1. The molecule has 2 aromatic rings. The molecular formula is C29H33F3N2O4. The van der Waals surface area contributed by atoms with Gasteiger partial charge in [-0.3, -0.25) is 14.4 Å². The molecule has 2 aliphatic rings. The maximum atomic E-state index is 13.8. The van der Waals surface area contributed by atoms with Crippen molar-refractivity contribution in [2.45, 2.75) is 57.8 Å². The Kier molecular flexibility index (Phi) is 9.07. The monoisotopic (exact) mass is 530 g/mol. The number of benzene rings is 2. The van der Waals surface area contributed by atoms with Crippen LogP contribution in [0.15, 0.2) is 36.4 Å². The molecule has 38 heavy (non-hydrogen) atoms. The molecule has 6 nitrogen and oxygen atoms in total. The lowest BCUT2D eigenvalue weighted by atomic mass is 9.80. The van der Waals surface area contributed by atoms with Crippen molar-refractivity contribution in [2.24, 2.45) is 11.8 Å². The van der Waals surface area contributed by atoms with Gasteiger partial charge >= 0.3 is 5.97 Å². The summed E-state index contributed by atoms with van der Waals surface area (Å²) >= 11 is 0. The summed E-state index contributed by atoms with van der Waals surface area (Å²) < 4.78 is 46.2. The number of piperidine rings is 1. The summed E-state index contributed by atoms with van der Waals surface area (Å²) in [5, 5.41) is 2.59. The third-order valence-corrected chi connectivity index (χ3v) is 7.59. The summed E-state index contributed by atoms with van der Waals surface area (Å²) in [4.78, 5) is 39.4. The fraction of sp³-hybridized carbons (Fsp3) is 0.483. The molecule has 1 N–H and O–H groups in total. The van der Waals surface area contributed by atoms with Gasteiger partial charge in [-0.25, -0.2) is 13.2 Å². The van der Waals surface area contributed by atoms with E-state index < -0.39 is 35.3 Å². The zero-order valence-corrected chi connectivity index (χ0v) is 21.5. The van der Waals surface area contributed by atoms with E-state index in [-0.39, 0.29) is 29.6 Å². The van der Waals surface area contributed by atoms with Gasteiger partial charge in [-0.1, -0.05) is 18.6 Å². The van der Waals surface area contributed by atoms with Crippen LogP contribution < -0.4 is 5.32 Å². The average molecular weight is 531 g/mol. The number of nitrogens with one attached hydrogen (secondary N) is 1. The number of likely N-dealkylation sites (tertiary alicyclic amines) is 1. The molecule has 0 bridgehead atoms. The number of rotatable bonds is 7. The van der Waals surface area contributed by atoms with Crippen LogP contribution in [-0.2, 0) is 25.5 Å². The molecule has 1 saturated carbocycles. The van der Waals surface area contributed by atoms with Gasteiger partial charge in [0.25, 0.3) is 0 Å². The third-order valence-electron chi connectivity index (χ3n) is 7.59. The highest BCUT2D eigenvalue weighted by atomic mass is 19.2. The number of hydrogen-bond donors (Lipinski definition) is 1. The highest BCUT2D eigenvalue weighted by molar-refractivity contribution is 5.92. The highest BCUT2D eigenvalue weighted by Gasteiger charge is 2.35. The minimum Gasteiger partial charge on any atom is -0.466 e. The SMILES string of the molecule is CCOC(=O)[C@@H]1CCC[C@H](C(=O)N2CCC(c3ccc(NC(=O)Cc4c(F)ccc(F)c4F)cc3)CC2)C1. The molecule has 204 valence electrons. The fourth-order valence-electron chi connectivity index (χ4n) is 5.52. The summed E-state index contributed by atoms with van der Waals surface area (Å²) in [5.74, 6) is -4.32. The Labute approximate surface area is 220 Å². The van der Waals surface area contributed by atoms with Crippen molar-refractivity contribution >= 4 is 23.5 Å². The van der Waals surface area contributed by atoms with Crippen molar-refractivity contribution in [1.29, 1.82) is 0 Å². The van der Waals surface area contributed by atoms with Crippen LogP contribution in [0.25, 0.3) is 0 Å². The van der Waals surface area contributed by atoms with Crippen LogP contribution >= 0.6 is 0 Å². The topological polar surface area (TPSA) is 75.7 Å². The Morgan fingerprint density at radius 2 is 1.58 bits per heavy atom. The second kappa shape index (κ2) is 12.5. The number of halogens is 3. The average Bonchev–Trinajstić information content (AvgIpc) is 2.93. The Bertz CT molecular complexity index is 1160. The van der Waals surface area contributed by atoms with E-state index in [0.717, 1.165) is 43.7 Å². The van der Waals surface area contributed by atoms with Crippen molar-refractivity contribution in [3.8, 4) is 0 Å². The fourth-order valence-corrected chi connectivity index (χ4v) is 5.52. The quantitative estimate of drug-likeness (QED) is 0.386. The first kappa shape index (κ1) is 27.7. The third kappa shape index (κ3) is 6.55. The van der Waals surface area contributed by atoms with Crippen LogP contribution in [0.1, 0.15) is 62.5 Å². The molecule has 1 aliphatic heterocycles. The molecule has 4 rings (SSSR count). The number of anilines is 1. The van der Waals surface area contributed by atoms with Gasteiger partial charge in [0.05, 0.1) is 18.9 Å². The van der Waals surface area contributed by atoms with Crippen molar-refractivity contribution in [3.63, 3.8) is 0 Å². The summed E-state index contributed by atoms with van der Waals surface area (Å²) in [5.41, 5.74) is 0.944. The Morgan fingerprint density at radius 3 is 2.26 bits per heavy atom. The van der Waals surface area contributed by atoms with Crippen LogP contribution in [0.2, 0.25) is 0 Å². The molecule has 1 saturated heterocycles. The molecule has 9 heteroatoms. The lowest BCUT2D eigenvalue weighted by Gasteiger charge is -2.36. The largest absolute Gasteiger partial charge is 0.466 e. The van der Waals surface area contributed by atoms with Gasteiger partial charge in [-0.05, 0) is 74.8 Å². The van der Waals surface area contributed by atoms with Crippen LogP contribution in [-0.4, -0.2) is 42.4 Å². The number of carbonyl (C=O) groups excluding carboxylic acids is 3. The summed E-state index contributed by atoms with van der Waals surface area (Å²) in [6, 6.07) is 8.71. The predicted octanol–water partition coefficient (Wildman–Crippen LogP) is 5.36. The molecule has 0 radical (unpaired) electrons. The first-order chi connectivity index (χ1) is 18.3. The first-order valence-corrected chi connectivity index (χ1v) is 13.2. The normalized spacial score (nSPS) is 20.2. The Balaban J connectivity index is 1.27. The van der Waals surface area contributed by atoms with Crippen molar-refractivity contribution < 1.29 is 32.3 Å². The molecule has 2 aromatic carbocycles. The van der Waals surface area contributed by atoms with Crippen LogP contribution in [0.5, 0.6) is 0 Å². The van der Waals surface area contributed by atoms with Crippen molar-refractivity contribution in [2.75, 3.05) is 25.0 Å². The zero-order valence-electron chi connectivity index (χ0n) is 21.5. The molecule has 0 aromatic heterocycles. The van der Waals surface area contributed by atoms with Crippen LogP contribution in [0.4, 0.5) is 18.9 Å². The molecule has 2 fully saturated rings. The van der Waals surface area contributed by atoms with Gasteiger partial charge in [-0.15, -0.1) is 0 Å². The maximum absolute atomic E-state index is 13.8. The molecule has 1 aliphatic carbocycles. The summed E-state index contributed by atoms with van der Waals surface area (Å²) in [6.45, 7) is 3.43. The minimum absolute atomic E-state index is 0.127. The number of carbonyl (C=O) groups is 3. The van der Waals surface area contributed by atoms with E-state index in [1.54, 1.807) is 19.1 Å². The summed E-state index contributed by atoms with van der Waals surface area (Å²) in [6.07, 6.45) is 3.99. The van der Waals surface area contributed by atoms with E-state index in [0.29, 0.717) is 37.9 Å². The van der Waals surface area contributed by atoms with E-state index in [1.165, 1.54) is 0 Å². The van der Waals surface area contributed by atoms with Crippen molar-refractivity contribution in [1.82, 2.24) is 4.90 Å². The van der Waals surface area contributed by atoms with Gasteiger partial charge < -0.3 is 15.0 Å². The Morgan fingerprint density at radius 1 is 0.921 bits per heavy atom. The zero-order chi connectivity index (χ0) is 27.2.